The fourth-order valence-electron chi connectivity index (χ4n) is 3.04. The van der Waals surface area contributed by atoms with Gasteiger partial charge in [-0.05, 0) is 18.6 Å². The molecule has 2 atom stereocenters. The number of rotatable bonds is 5. The summed E-state index contributed by atoms with van der Waals surface area (Å²) in [4.78, 5) is 25.8. The second kappa shape index (κ2) is 6.78. The van der Waals surface area contributed by atoms with Crippen molar-refractivity contribution in [1.29, 1.82) is 0 Å². The highest BCUT2D eigenvalue weighted by Gasteiger charge is 2.41. The van der Waals surface area contributed by atoms with Crippen LogP contribution in [0.1, 0.15) is 46.9 Å². The van der Waals surface area contributed by atoms with Crippen LogP contribution < -0.4 is 4.74 Å². The van der Waals surface area contributed by atoms with Gasteiger partial charge in [-0.15, -0.1) is 0 Å². The van der Waals surface area contributed by atoms with Crippen LogP contribution in [-0.2, 0) is 0 Å². The average Bonchev–Trinajstić information content (AvgIpc) is 2.60. The summed E-state index contributed by atoms with van der Waals surface area (Å²) < 4.78 is 6.02. The summed E-state index contributed by atoms with van der Waals surface area (Å²) >= 11 is 0. The molecule has 0 unspecified atom stereocenters. The maximum absolute atomic E-state index is 12.9. The number of para-hydroxylation sites is 1. The molecule has 2 aromatic carbocycles. The number of carbonyl (C=O) groups excluding carboxylic acids is 2. The topological polar surface area (TPSA) is 43.4 Å². The molecule has 0 fully saturated rings. The highest BCUT2D eigenvalue weighted by molar-refractivity contribution is 6.18. The van der Waals surface area contributed by atoms with E-state index in [-0.39, 0.29) is 17.7 Å². The predicted octanol–water partition coefficient (Wildman–Crippen LogP) is 4.32. The van der Waals surface area contributed by atoms with Crippen LogP contribution in [0.2, 0.25) is 0 Å². The normalized spacial score (nSPS) is 19.8. The third kappa shape index (κ3) is 3.04. The summed E-state index contributed by atoms with van der Waals surface area (Å²) in [5.74, 6) is -0.428. The lowest BCUT2D eigenvalue weighted by Gasteiger charge is -2.31. The molecule has 1 heterocycles. The summed E-state index contributed by atoms with van der Waals surface area (Å²) in [6, 6.07) is 16.2. The number of ketones is 2. The van der Waals surface area contributed by atoms with Crippen molar-refractivity contribution in [3.63, 3.8) is 0 Å². The summed E-state index contributed by atoms with van der Waals surface area (Å²) in [7, 11) is 0. The lowest BCUT2D eigenvalue weighted by Crippen LogP contribution is -2.42. The van der Waals surface area contributed by atoms with Gasteiger partial charge in [-0.2, -0.15) is 0 Å². The van der Waals surface area contributed by atoms with Crippen molar-refractivity contribution >= 4 is 11.6 Å². The van der Waals surface area contributed by atoms with Crippen LogP contribution >= 0.6 is 0 Å². The molecule has 23 heavy (non-hydrogen) atoms. The lowest BCUT2D eigenvalue weighted by atomic mass is 9.82. The van der Waals surface area contributed by atoms with Gasteiger partial charge in [0.2, 0.25) is 0 Å². The predicted molar refractivity (Wildman–Crippen MR) is 89.0 cm³/mol. The fourth-order valence-corrected chi connectivity index (χ4v) is 3.04. The molecule has 0 radical (unpaired) electrons. The molecule has 1 aliphatic heterocycles. The van der Waals surface area contributed by atoms with E-state index in [2.05, 4.69) is 6.92 Å². The molecule has 0 saturated heterocycles. The Morgan fingerprint density at radius 1 is 1.04 bits per heavy atom. The van der Waals surface area contributed by atoms with Crippen molar-refractivity contribution in [2.24, 2.45) is 5.92 Å². The minimum atomic E-state index is -0.751. The van der Waals surface area contributed by atoms with Crippen LogP contribution in [0.4, 0.5) is 0 Å². The van der Waals surface area contributed by atoms with Gasteiger partial charge >= 0.3 is 0 Å². The van der Waals surface area contributed by atoms with Gasteiger partial charge in [-0.25, -0.2) is 0 Å². The third-order valence-corrected chi connectivity index (χ3v) is 4.27. The second-order valence-electron chi connectivity index (χ2n) is 5.87. The summed E-state index contributed by atoms with van der Waals surface area (Å²) in [5.41, 5.74) is 1.07. The molecule has 3 nitrogen and oxygen atoms in total. The zero-order valence-electron chi connectivity index (χ0n) is 13.2. The van der Waals surface area contributed by atoms with Gasteiger partial charge < -0.3 is 4.74 Å². The van der Waals surface area contributed by atoms with Gasteiger partial charge in [0.15, 0.2) is 11.6 Å². The first-order valence-corrected chi connectivity index (χ1v) is 8.11. The molecule has 118 valence electrons. The molecule has 0 aliphatic carbocycles. The lowest BCUT2D eigenvalue weighted by molar-refractivity contribution is 0.0550. The van der Waals surface area contributed by atoms with Crippen molar-refractivity contribution < 1.29 is 14.3 Å². The van der Waals surface area contributed by atoms with E-state index >= 15 is 0 Å². The van der Waals surface area contributed by atoms with E-state index in [0.29, 0.717) is 23.3 Å². The van der Waals surface area contributed by atoms with Gasteiger partial charge in [0.1, 0.15) is 17.8 Å². The Hall–Kier alpha value is -2.42. The third-order valence-electron chi connectivity index (χ3n) is 4.27. The van der Waals surface area contributed by atoms with Crippen LogP contribution in [0.5, 0.6) is 5.75 Å². The molecular formula is C20H20O3. The van der Waals surface area contributed by atoms with Crippen LogP contribution in [0, 0.1) is 5.92 Å². The summed E-state index contributed by atoms with van der Waals surface area (Å²) in [5, 5.41) is 0. The first kappa shape index (κ1) is 15.5. The Kier molecular flexibility index (Phi) is 4.56. The van der Waals surface area contributed by atoms with E-state index in [1.807, 2.05) is 24.3 Å². The van der Waals surface area contributed by atoms with E-state index in [1.54, 1.807) is 30.3 Å². The van der Waals surface area contributed by atoms with Crippen LogP contribution in [-0.4, -0.2) is 17.7 Å². The SMILES string of the molecule is CCCC[C@H]1Oc2ccccc2C(=O)[C@@H]1C(=O)c1ccccc1. The number of benzene rings is 2. The Balaban J connectivity index is 1.97. The van der Waals surface area contributed by atoms with Crippen LogP contribution in [0.25, 0.3) is 0 Å². The Labute approximate surface area is 136 Å². The zero-order chi connectivity index (χ0) is 16.2. The van der Waals surface area contributed by atoms with Crippen molar-refractivity contribution in [1.82, 2.24) is 0 Å². The van der Waals surface area contributed by atoms with Gasteiger partial charge in [-0.1, -0.05) is 62.2 Å². The van der Waals surface area contributed by atoms with Crippen LogP contribution in [0.3, 0.4) is 0 Å². The molecule has 3 heteroatoms. The molecule has 3 rings (SSSR count). The van der Waals surface area contributed by atoms with Gasteiger partial charge in [0.05, 0.1) is 5.56 Å². The summed E-state index contributed by atoms with van der Waals surface area (Å²) in [6.07, 6.45) is 2.26. The number of ether oxygens (including phenoxy) is 1. The zero-order valence-corrected chi connectivity index (χ0v) is 13.2. The van der Waals surface area contributed by atoms with E-state index < -0.39 is 5.92 Å². The molecule has 0 aromatic heterocycles. The van der Waals surface area contributed by atoms with E-state index in [0.717, 1.165) is 12.8 Å². The molecule has 2 aromatic rings. The molecule has 0 bridgehead atoms. The maximum Gasteiger partial charge on any atom is 0.181 e. The number of unbranched alkanes of at least 4 members (excludes halogenated alkanes) is 1. The largest absolute Gasteiger partial charge is 0.488 e. The van der Waals surface area contributed by atoms with Crippen molar-refractivity contribution in [2.45, 2.75) is 32.3 Å². The van der Waals surface area contributed by atoms with Crippen LogP contribution in [0.15, 0.2) is 54.6 Å². The quantitative estimate of drug-likeness (QED) is 0.610. The smallest absolute Gasteiger partial charge is 0.181 e. The molecular weight excluding hydrogens is 288 g/mol. The van der Waals surface area contributed by atoms with Gasteiger partial charge in [-0.3, -0.25) is 9.59 Å². The Bertz CT molecular complexity index is 706. The molecule has 0 amide bonds. The number of hydrogen-bond acceptors (Lipinski definition) is 3. The number of Topliss-reactive ketones (excluding diaryl/α,β-unsaturated/α-hetero) is 2. The summed E-state index contributed by atoms with van der Waals surface area (Å²) in [6.45, 7) is 2.09. The Morgan fingerprint density at radius 3 is 2.48 bits per heavy atom. The fraction of sp³-hybridized carbons (Fsp3) is 0.300. The van der Waals surface area contributed by atoms with Crippen molar-refractivity contribution in [3.05, 3.63) is 65.7 Å². The number of fused-ring (bicyclic) bond motifs is 1. The first-order valence-electron chi connectivity index (χ1n) is 8.11. The second-order valence-corrected chi connectivity index (χ2v) is 5.87. The molecule has 0 N–H and O–H groups in total. The monoisotopic (exact) mass is 308 g/mol. The van der Waals surface area contributed by atoms with Crippen molar-refractivity contribution in [3.8, 4) is 5.75 Å². The highest BCUT2D eigenvalue weighted by Crippen LogP contribution is 2.34. The molecule has 0 spiro atoms. The molecule has 0 saturated carbocycles. The van der Waals surface area contributed by atoms with Gasteiger partial charge in [0, 0.05) is 5.56 Å². The first-order chi connectivity index (χ1) is 11.2. The minimum Gasteiger partial charge on any atom is -0.488 e. The average molecular weight is 308 g/mol. The van der Waals surface area contributed by atoms with E-state index in [4.69, 9.17) is 4.74 Å². The van der Waals surface area contributed by atoms with Crippen molar-refractivity contribution in [2.75, 3.05) is 0 Å². The van der Waals surface area contributed by atoms with Gasteiger partial charge in [0.25, 0.3) is 0 Å². The molecule has 1 aliphatic rings. The minimum absolute atomic E-state index is 0.123. The Morgan fingerprint density at radius 2 is 1.74 bits per heavy atom. The number of carbonyl (C=O) groups is 2. The number of hydrogen-bond donors (Lipinski definition) is 0. The highest BCUT2D eigenvalue weighted by atomic mass is 16.5. The maximum atomic E-state index is 12.9. The standard InChI is InChI=1S/C20H20O3/c1-2-3-12-17-18(19(21)14-9-5-4-6-10-14)20(22)15-11-7-8-13-16(15)23-17/h4-11,13,17-18H,2-3,12H2,1H3/t17-,18+/m1/s1. The van der Waals surface area contributed by atoms with E-state index in [9.17, 15) is 9.59 Å². The van der Waals surface area contributed by atoms with E-state index in [1.165, 1.54) is 0 Å².